The zero-order valence-electron chi connectivity index (χ0n) is 22.6. The molecule has 0 bridgehead atoms. The predicted octanol–water partition coefficient (Wildman–Crippen LogP) is 4.39. The maximum atomic E-state index is 13.9. The molecule has 10 nitrogen and oxygen atoms in total. The summed E-state index contributed by atoms with van der Waals surface area (Å²) in [6, 6.07) is 11.7. The van der Waals surface area contributed by atoms with Gasteiger partial charge in [-0.25, -0.2) is 14.8 Å². The van der Waals surface area contributed by atoms with E-state index in [2.05, 4.69) is 21.4 Å². The third-order valence-electron chi connectivity index (χ3n) is 7.66. The van der Waals surface area contributed by atoms with Gasteiger partial charge in [0.25, 0.3) is 5.56 Å². The van der Waals surface area contributed by atoms with Gasteiger partial charge in [-0.2, -0.15) is 18.4 Å². The molecule has 2 aliphatic heterocycles. The molecule has 43 heavy (non-hydrogen) atoms. The van der Waals surface area contributed by atoms with Crippen molar-refractivity contribution in [3.8, 4) is 16.6 Å². The van der Waals surface area contributed by atoms with Gasteiger partial charge in [0.1, 0.15) is 22.3 Å². The predicted molar refractivity (Wildman–Crippen MR) is 152 cm³/mol. The molecule has 2 aromatic carbocycles. The number of halogens is 3. The molecular weight excluding hydrogens is 585 g/mol. The second-order valence-electron chi connectivity index (χ2n) is 10.4. The highest BCUT2D eigenvalue weighted by Gasteiger charge is 2.38. The van der Waals surface area contributed by atoms with Gasteiger partial charge in [-0.1, -0.05) is 12.1 Å². The molecule has 2 saturated heterocycles. The van der Waals surface area contributed by atoms with Gasteiger partial charge < -0.3 is 20.1 Å². The average Bonchev–Trinajstić information content (AvgIpc) is 3.63. The molecule has 0 unspecified atom stereocenters. The first-order chi connectivity index (χ1) is 20.6. The van der Waals surface area contributed by atoms with Crippen molar-refractivity contribution in [1.82, 2.24) is 19.4 Å². The van der Waals surface area contributed by atoms with E-state index in [-0.39, 0.29) is 65.8 Å². The van der Waals surface area contributed by atoms with Gasteiger partial charge in [0.2, 0.25) is 0 Å². The van der Waals surface area contributed by atoms with Crippen molar-refractivity contribution in [3.63, 3.8) is 0 Å². The lowest BCUT2D eigenvalue weighted by Gasteiger charge is -2.33. The number of thiazole rings is 1. The van der Waals surface area contributed by atoms with Gasteiger partial charge in [0.05, 0.1) is 47.9 Å². The van der Waals surface area contributed by atoms with Crippen molar-refractivity contribution in [2.75, 3.05) is 25.1 Å². The Morgan fingerprint density at radius 1 is 1.21 bits per heavy atom. The summed E-state index contributed by atoms with van der Waals surface area (Å²) in [5, 5.41) is 22.6. The second-order valence-corrected chi connectivity index (χ2v) is 11.5. The number of alkyl halides is 3. The van der Waals surface area contributed by atoms with Crippen molar-refractivity contribution < 1.29 is 27.8 Å². The summed E-state index contributed by atoms with van der Waals surface area (Å²) in [7, 11) is 0. The third kappa shape index (κ3) is 5.65. The number of piperidine rings is 1. The number of carbonyl (C=O) groups is 1. The monoisotopic (exact) mass is 610 g/mol. The van der Waals surface area contributed by atoms with Crippen LogP contribution >= 0.6 is 11.3 Å². The fourth-order valence-electron chi connectivity index (χ4n) is 5.51. The molecule has 4 aromatic rings. The van der Waals surface area contributed by atoms with Crippen LogP contribution in [0.2, 0.25) is 0 Å². The fraction of sp³-hybridized carbons (Fsp3) is 0.345. The molecule has 4 heterocycles. The van der Waals surface area contributed by atoms with Crippen molar-refractivity contribution in [1.29, 1.82) is 5.26 Å². The van der Waals surface area contributed by atoms with E-state index in [9.17, 15) is 27.9 Å². The zero-order chi connectivity index (χ0) is 30.3. The molecule has 0 saturated carbocycles. The number of aromatic nitrogens is 3. The van der Waals surface area contributed by atoms with Crippen LogP contribution in [0, 0.1) is 11.3 Å². The van der Waals surface area contributed by atoms with E-state index in [1.807, 2.05) is 0 Å². The first-order valence-electron chi connectivity index (χ1n) is 13.6. The van der Waals surface area contributed by atoms with E-state index < -0.39 is 11.1 Å². The molecule has 2 atom stereocenters. The molecule has 6 rings (SSSR count). The molecule has 0 aliphatic carbocycles. The number of ether oxygens (including phenoxy) is 1. The summed E-state index contributed by atoms with van der Waals surface area (Å²) in [4.78, 5) is 35.4. The molecular formula is C29H25F3N6O4S. The number of anilines is 1. The number of cyclic esters (lactones) is 1. The quantitative estimate of drug-likeness (QED) is 0.315. The number of hydrogen-bond acceptors (Lipinski definition) is 9. The molecule has 222 valence electrons. The van der Waals surface area contributed by atoms with E-state index >= 15 is 0 Å². The zero-order valence-corrected chi connectivity index (χ0v) is 23.4. The highest BCUT2D eigenvalue weighted by atomic mass is 32.1. The normalized spacial score (nSPS) is 18.4. The minimum atomic E-state index is -4.56. The number of amides is 1. The minimum absolute atomic E-state index is 0.0764. The van der Waals surface area contributed by atoms with Gasteiger partial charge in [-0.15, -0.1) is 11.3 Å². The standard InChI is InChI=1S/C29H25F3N6O4S/c30-29(31,32)24-13-34-26(43-24)20-10-23-21(11-22(20)35-18-5-7-37-19(9-18)15-42-28(37)41)27(40)38(25(36-23)6-8-39)14-17-3-1-16(12-33)2-4-17/h1-4,10-11,13,18-19,35,39H,5-9,14-15H2/t18-,19-/m0/s1. The first-order valence-corrected chi connectivity index (χ1v) is 14.4. The second kappa shape index (κ2) is 11.3. The number of fused-ring (bicyclic) bond motifs is 2. The molecule has 0 spiro atoms. The smallest absolute Gasteiger partial charge is 0.427 e. The Balaban J connectivity index is 1.45. The highest BCUT2D eigenvalue weighted by Crippen LogP contribution is 2.40. The number of nitrogens with zero attached hydrogens (tertiary/aromatic N) is 5. The van der Waals surface area contributed by atoms with Crippen LogP contribution in [0.1, 0.15) is 34.7 Å². The van der Waals surface area contributed by atoms with Gasteiger partial charge in [-0.05, 0) is 42.7 Å². The van der Waals surface area contributed by atoms with Crippen LogP contribution < -0.4 is 10.9 Å². The number of carbonyl (C=O) groups excluding carboxylic acids is 1. The SMILES string of the molecule is N#Cc1ccc(Cn2c(CCO)nc3cc(-c4ncc(C(F)(F)F)s4)c(N[C@H]4CCN5C(=O)OC[C@@H]5C4)cc3c2=O)cc1. The van der Waals surface area contributed by atoms with Crippen molar-refractivity contribution in [2.24, 2.45) is 0 Å². The number of nitriles is 1. The lowest BCUT2D eigenvalue weighted by molar-refractivity contribution is -0.134. The summed E-state index contributed by atoms with van der Waals surface area (Å²) in [5.41, 5.74) is 1.89. The maximum Gasteiger partial charge on any atom is 0.427 e. The first kappa shape index (κ1) is 28.6. The topological polar surface area (TPSA) is 133 Å². The summed E-state index contributed by atoms with van der Waals surface area (Å²) in [5.74, 6) is 0.310. The van der Waals surface area contributed by atoms with E-state index in [0.29, 0.717) is 53.4 Å². The van der Waals surface area contributed by atoms with E-state index in [1.54, 1.807) is 41.3 Å². The molecule has 2 N–H and O–H groups in total. The largest absolute Gasteiger partial charge is 0.447 e. The van der Waals surface area contributed by atoms with Crippen LogP contribution in [0.15, 0.2) is 47.4 Å². The Labute approximate surface area is 247 Å². The van der Waals surface area contributed by atoms with Crippen LogP contribution in [-0.2, 0) is 23.9 Å². The molecule has 14 heteroatoms. The maximum absolute atomic E-state index is 13.9. The number of nitrogens with one attached hydrogen (secondary N) is 1. The Morgan fingerprint density at radius 3 is 2.70 bits per heavy atom. The van der Waals surface area contributed by atoms with Gasteiger partial charge in [0, 0.05) is 30.3 Å². The third-order valence-corrected chi connectivity index (χ3v) is 8.73. The van der Waals surface area contributed by atoms with E-state index in [4.69, 9.17) is 10.00 Å². The van der Waals surface area contributed by atoms with Gasteiger partial charge in [0.15, 0.2) is 0 Å². The summed E-state index contributed by atoms with van der Waals surface area (Å²) in [6.07, 6.45) is -2.92. The highest BCUT2D eigenvalue weighted by molar-refractivity contribution is 7.15. The van der Waals surface area contributed by atoms with Crippen molar-refractivity contribution in [2.45, 2.75) is 44.1 Å². The summed E-state index contributed by atoms with van der Waals surface area (Å²) >= 11 is 0.497. The lowest BCUT2D eigenvalue weighted by atomic mass is 9.97. The number of hydrogen-bond donors (Lipinski definition) is 2. The van der Waals surface area contributed by atoms with E-state index in [0.717, 1.165) is 11.8 Å². The minimum Gasteiger partial charge on any atom is -0.447 e. The van der Waals surface area contributed by atoms with E-state index in [1.165, 1.54) is 4.57 Å². The number of benzene rings is 2. The number of aliphatic hydroxyl groups is 1. The van der Waals surface area contributed by atoms with Crippen LogP contribution in [-0.4, -0.2) is 62.5 Å². The molecule has 2 fully saturated rings. The number of aliphatic hydroxyl groups excluding tert-OH is 1. The summed E-state index contributed by atoms with van der Waals surface area (Å²) in [6.45, 7) is 0.595. The average molecular weight is 611 g/mol. The van der Waals surface area contributed by atoms with Crippen LogP contribution in [0.3, 0.4) is 0 Å². The lowest BCUT2D eigenvalue weighted by Crippen LogP contribution is -2.45. The molecule has 2 aromatic heterocycles. The number of rotatable bonds is 7. The molecule has 0 radical (unpaired) electrons. The molecule has 2 aliphatic rings. The van der Waals surface area contributed by atoms with Crippen molar-refractivity contribution in [3.05, 3.63) is 74.8 Å². The van der Waals surface area contributed by atoms with Gasteiger partial charge >= 0.3 is 12.3 Å². The Morgan fingerprint density at radius 2 is 2.00 bits per heavy atom. The van der Waals surface area contributed by atoms with Gasteiger partial charge in [-0.3, -0.25) is 9.36 Å². The fourth-order valence-corrected chi connectivity index (χ4v) is 6.33. The van der Waals surface area contributed by atoms with Crippen LogP contribution in [0.4, 0.5) is 23.7 Å². The summed E-state index contributed by atoms with van der Waals surface area (Å²) < 4.78 is 47.0. The Bertz CT molecular complexity index is 1800. The molecule has 1 amide bonds. The van der Waals surface area contributed by atoms with Crippen LogP contribution in [0.25, 0.3) is 21.5 Å². The van der Waals surface area contributed by atoms with Crippen LogP contribution in [0.5, 0.6) is 0 Å². The Hall–Kier alpha value is -4.48. The Kier molecular flexibility index (Phi) is 7.53. The van der Waals surface area contributed by atoms with Crippen molar-refractivity contribution >= 4 is 34.0 Å².